The molecule has 0 spiro atoms. The largest absolute Gasteiger partial charge is 0.493 e. The van der Waals surface area contributed by atoms with Crippen molar-refractivity contribution in [2.45, 2.75) is 143 Å². The highest BCUT2D eigenvalue weighted by molar-refractivity contribution is 6.31. The Bertz CT molecular complexity index is 1940. The van der Waals surface area contributed by atoms with Crippen molar-refractivity contribution in [1.29, 1.82) is 0 Å². The van der Waals surface area contributed by atoms with Crippen molar-refractivity contribution in [3.63, 3.8) is 0 Å². The molecule has 0 bridgehead atoms. The summed E-state index contributed by atoms with van der Waals surface area (Å²) in [7, 11) is 0. The van der Waals surface area contributed by atoms with E-state index in [4.69, 9.17) is 9.47 Å². The summed E-state index contributed by atoms with van der Waals surface area (Å²) in [6, 6.07) is 24.3. The summed E-state index contributed by atoms with van der Waals surface area (Å²) in [6.45, 7) is 29.4. The van der Waals surface area contributed by atoms with Crippen molar-refractivity contribution < 1.29 is 19.1 Å². The number of ketones is 2. The molecule has 0 amide bonds. The Hall–Kier alpha value is -4.58. The first kappa shape index (κ1) is 44.5. The zero-order valence-corrected chi connectivity index (χ0v) is 37.6. The Labute approximate surface area is 349 Å². The summed E-state index contributed by atoms with van der Waals surface area (Å²) in [5.74, 6) is 1.57. The summed E-state index contributed by atoms with van der Waals surface area (Å²) in [5.41, 5.74) is 8.34. The zero-order valence-electron chi connectivity index (χ0n) is 37.6. The fourth-order valence-corrected chi connectivity index (χ4v) is 7.47. The molecule has 0 heterocycles. The molecule has 6 nitrogen and oxygen atoms in total. The first-order valence-electron chi connectivity index (χ1n) is 21.8. The van der Waals surface area contributed by atoms with Crippen LogP contribution in [0.3, 0.4) is 0 Å². The molecule has 1 aliphatic carbocycles. The molecule has 312 valence electrons. The molecule has 0 unspecified atom stereocenters. The standard InChI is InChI=1S/C52H70N2O4/c1-13-49(5,6)35-23-27-43(39(33-35)51(9,10)15-3)57-31-19-29-53-41-25-26-42(46-45(41)47(55)37-21-17-18-22-38(37)48(46)56)54-30-20-32-58-44-28-24-36(50(7,8)14-2)34-40(44)52(11,12)16-4/h17-18,21-28,33-34,53-54H,13-16,19-20,29-32H2,1-12H3. The summed E-state index contributed by atoms with van der Waals surface area (Å²) in [4.78, 5) is 28.2. The topological polar surface area (TPSA) is 76.7 Å². The first-order valence-corrected chi connectivity index (χ1v) is 21.8. The fourth-order valence-electron chi connectivity index (χ4n) is 7.47. The van der Waals surface area contributed by atoms with Gasteiger partial charge in [0.1, 0.15) is 11.5 Å². The van der Waals surface area contributed by atoms with E-state index in [1.165, 1.54) is 22.3 Å². The van der Waals surface area contributed by atoms with Crippen molar-refractivity contribution in [3.05, 3.63) is 117 Å². The van der Waals surface area contributed by atoms with Gasteiger partial charge in [-0.15, -0.1) is 0 Å². The Morgan fingerprint density at radius 2 is 0.845 bits per heavy atom. The van der Waals surface area contributed by atoms with E-state index in [0.29, 0.717) is 59.9 Å². The third-order valence-corrected chi connectivity index (χ3v) is 13.4. The number of carbonyl (C=O) groups excluding carboxylic acids is 2. The molecule has 2 N–H and O–H groups in total. The Morgan fingerprint density at radius 3 is 1.19 bits per heavy atom. The third kappa shape index (κ3) is 9.48. The van der Waals surface area contributed by atoms with Gasteiger partial charge in [-0.3, -0.25) is 9.59 Å². The van der Waals surface area contributed by atoms with Gasteiger partial charge < -0.3 is 20.1 Å². The van der Waals surface area contributed by atoms with E-state index >= 15 is 0 Å². The van der Waals surface area contributed by atoms with E-state index < -0.39 is 0 Å². The third-order valence-electron chi connectivity index (χ3n) is 13.4. The first-order chi connectivity index (χ1) is 27.4. The van der Waals surface area contributed by atoms with Crippen LogP contribution >= 0.6 is 0 Å². The molecule has 0 aliphatic heterocycles. The average molecular weight is 787 g/mol. The molecule has 0 atom stereocenters. The summed E-state index contributed by atoms with van der Waals surface area (Å²) >= 11 is 0. The molecule has 0 fully saturated rings. The maximum atomic E-state index is 14.1. The predicted octanol–water partition coefficient (Wildman–Crippen LogP) is 13.0. The molecule has 1 aliphatic rings. The van der Waals surface area contributed by atoms with Crippen LogP contribution in [0.1, 0.15) is 176 Å². The van der Waals surface area contributed by atoms with E-state index in [2.05, 4.69) is 130 Å². The lowest BCUT2D eigenvalue weighted by atomic mass is 9.76. The minimum atomic E-state index is -0.141. The van der Waals surface area contributed by atoms with Crippen LogP contribution < -0.4 is 20.1 Å². The van der Waals surface area contributed by atoms with Crippen LogP contribution in [-0.4, -0.2) is 37.9 Å². The maximum Gasteiger partial charge on any atom is 0.196 e. The van der Waals surface area contributed by atoms with Crippen molar-refractivity contribution in [2.75, 3.05) is 36.9 Å². The summed E-state index contributed by atoms with van der Waals surface area (Å²) in [5, 5.41) is 6.99. The second kappa shape index (κ2) is 18.1. The van der Waals surface area contributed by atoms with Gasteiger partial charge in [0.05, 0.1) is 24.3 Å². The number of carbonyl (C=O) groups is 2. The van der Waals surface area contributed by atoms with E-state index in [0.717, 1.165) is 50.0 Å². The van der Waals surface area contributed by atoms with Gasteiger partial charge in [-0.1, -0.05) is 132 Å². The van der Waals surface area contributed by atoms with Crippen molar-refractivity contribution in [3.8, 4) is 11.5 Å². The molecule has 0 saturated heterocycles. The van der Waals surface area contributed by atoms with E-state index in [1.54, 1.807) is 12.1 Å². The molecular weight excluding hydrogens is 717 g/mol. The van der Waals surface area contributed by atoms with Gasteiger partial charge in [0.25, 0.3) is 0 Å². The fraction of sp³-hybridized carbons (Fsp3) is 0.500. The highest BCUT2D eigenvalue weighted by Crippen LogP contribution is 2.41. The normalized spacial score (nSPS) is 13.2. The van der Waals surface area contributed by atoms with E-state index in [9.17, 15) is 9.59 Å². The molecule has 6 heteroatoms. The quantitative estimate of drug-likeness (QED) is 0.0765. The second-order valence-corrected chi connectivity index (χ2v) is 18.7. The Morgan fingerprint density at radius 1 is 0.483 bits per heavy atom. The van der Waals surface area contributed by atoms with Crippen LogP contribution in [0.2, 0.25) is 0 Å². The number of ether oxygens (including phenoxy) is 2. The van der Waals surface area contributed by atoms with E-state index in [1.807, 2.05) is 24.3 Å². The molecule has 4 aromatic carbocycles. The van der Waals surface area contributed by atoms with Gasteiger partial charge >= 0.3 is 0 Å². The van der Waals surface area contributed by atoms with Crippen LogP contribution in [0.15, 0.2) is 72.8 Å². The molecule has 58 heavy (non-hydrogen) atoms. The number of fused-ring (bicyclic) bond motifs is 2. The van der Waals surface area contributed by atoms with Crippen LogP contribution in [-0.2, 0) is 21.7 Å². The Balaban J connectivity index is 1.28. The van der Waals surface area contributed by atoms with Gasteiger partial charge in [0.2, 0.25) is 0 Å². The SMILES string of the molecule is CCC(C)(C)c1ccc(OCCCNc2ccc(NCCCOc3ccc(C(C)(C)CC)cc3C(C)(C)CC)c3c2C(=O)c2ccccc2C3=O)c(C(C)(C)CC)c1. The van der Waals surface area contributed by atoms with Crippen LogP contribution in [0.4, 0.5) is 11.4 Å². The number of benzene rings is 4. The number of hydrogen-bond donors (Lipinski definition) is 2. The minimum absolute atomic E-state index is 0.0220. The minimum Gasteiger partial charge on any atom is -0.493 e. The van der Waals surface area contributed by atoms with Gasteiger partial charge in [0, 0.05) is 46.7 Å². The molecule has 0 saturated carbocycles. The number of nitrogens with one attached hydrogen (secondary N) is 2. The molecular formula is C52H70N2O4. The van der Waals surface area contributed by atoms with Gasteiger partial charge in [-0.05, 0) is 95.6 Å². The molecule has 5 rings (SSSR count). The molecule has 0 aromatic heterocycles. The number of hydrogen-bond acceptors (Lipinski definition) is 6. The highest BCUT2D eigenvalue weighted by atomic mass is 16.5. The molecule has 4 aromatic rings. The van der Waals surface area contributed by atoms with Crippen molar-refractivity contribution in [1.82, 2.24) is 0 Å². The lowest BCUT2D eigenvalue weighted by molar-refractivity contribution is 0.0980. The lowest BCUT2D eigenvalue weighted by Gasteiger charge is -2.30. The Kier molecular flexibility index (Phi) is 13.9. The smallest absolute Gasteiger partial charge is 0.196 e. The lowest BCUT2D eigenvalue weighted by Crippen LogP contribution is -2.25. The van der Waals surface area contributed by atoms with Gasteiger partial charge in [0.15, 0.2) is 11.6 Å². The maximum absolute atomic E-state index is 14.1. The van der Waals surface area contributed by atoms with Crippen molar-refractivity contribution in [2.24, 2.45) is 0 Å². The number of rotatable bonds is 20. The molecule has 0 radical (unpaired) electrons. The monoisotopic (exact) mass is 787 g/mol. The zero-order chi connectivity index (χ0) is 42.5. The average Bonchev–Trinajstić information content (AvgIpc) is 3.22. The van der Waals surface area contributed by atoms with Crippen LogP contribution in [0, 0.1) is 0 Å². The van der Waals surface area contributed by atoms with Crippen LogP contribution in [0.25, 0.3) is 0 Å². The van der Waals surface area contributed by atoms with E-state index in [-0.39, 0.29) is 33.2 Å². The predicted molar refractivity (Wildman–Crippen MR) is 243 cm³/mol. The van der Waals surface area contributed by atoms with Gasteiger partial charge in [-0.25, -0.2) is 0 Å². The second-order valence-electron chi connectivity index (χ2n) is 18.7. The summed E-state index contributed by atoms with van der Waals surface area (Å²) < 4.78 is 12.9. The van der Waals surface area contributed by atoms with Gasteiger partial charge in [-0.2, -0.15) is 0 Å². The number of anilines is 2. The van der Waals surface area contributed by atoms with Crippen molar-refractivity contribution >= 4 is 22.9 Å². The highest BCUT2D eigenvalue weighted by Gasteiger charge is 2.34. The van der Waals surface area contributed by atoms with Crippen LogP contribution in [0.5, 0.6) is 11.5 Å². The summed E-state index contributed by atoms with van der Waals surface area (Å²) in [6.07, 6.45) is 5.57.